The number of anilines is 1. The van der Waals surface area contributed by atoms with E-state index in [1.807, 2.05) is 0 Å². The molecule has 0 atom stereocenters. The third-order valence-electron chi connectivity index (χ3n) is 0.951. The summed E-state index contributed by atoms with van der Waals surface area (Å²) in [6.45, 7) is 0. The van der Waals surface area contributed by atoms with Crippen molar-refractivity contribution in [3.05, 3.63) is 30.3 Å². The molecule has 9 heavy (non-hydrogen) atoms. The summed E-state index contributed by atoms with van der Waals surface area (Å²) >= 11 is 0. The van der Waals surface area contributed by atoms with Gasteiger partial charge in [0.15, 0.2) is 0 Å². The second-order valence-electron chi connectivity index (χ2n) is 1.57. The quantitative estimate of drug-likeness (QED) is 0.525. The lowest BCUT2D eigenvalue weighted by Crippen LogP contribution is -1.93. The summed E-state index contributed by atoms with van der Waals surface area (Å²) in [6.07, 6.45) is 0. The number of nitrogens with zero attached hydrogens (tertiary/aromatic N) is 1. The predicted molar refractivity (Wildman–Crippen MR) is 31.1 cm³/mol. The Balaban J connectivity index is 2.85. The molecule has 0 spiro atoms. The van der Waals surface area contributed by atoms with E-state index in [2.05, 4.69) is 0 Å². The van der Waals surface area contributed by atoms with Crippen LogP contribution >= 0.6 is 0 Å². The van der Waals surface area contributed by atoms with Gasteiger partial charge in [0.2, 0.25) is 0 Å². The second kappa shape index (κ2) is 2.44. The molecule has 0 radical (unpaired) electrons. The SMILES string of the molecule is FN(F)c1ccccc1. The fraction of sp³-hybridized carbons (Fsp3) is 0. The molecule has 0 aliphatic rings. The first-order valence-corrected chi connectivity index (χ1v) is 2.47. The van der Waals surface area contributed by atoms with Crippen molar-refractivity contribution in [2.75, 3.05) is 5.34 Å². The number of benzene rings is 1. The van der Waals surface area contributed by atoms with E-state index in [1.165, 1.54) is 12.1 Å². The smallest absolute Gasteiger partial charge is 0.0666 e. The van der Waals surface area contributed by atoms with Crippen LogP contribution in [0.15, 0.2) is 30.3 Å². The molecule has 0 bridgehead atoms. The highest BCUT2D eigenvalue weighted by Crippen LogP contribution is 2.12. The summed E-state index contributed by atoms with van der Waals surface area (Å²) in [5, 5.41) is -0.917. The van der Waals surface area contributed by atoms with Crippen molar-refractivity contribution in [2.45, 2.75) is 0 Å². The molecular formula is C6H5F2N. The predicted octanol–water partition coefficient (Wildman–Crippen LogP) is 2.26. The molecule has 0 aromatic heterocycles. The summed E-state index contributed by atoms with van der Waals surface area (Å²) in [5.74, 6) is 0. The first kappa shape index (κ1) is 6.01. The third kappa shape index (κ3) is 1.38. The van der Waals surface area contributed by atoms with Crippen LogP contribution < -0.4 is 5.34 Å². The Labute approximate surface area is 51.4 Å². The van der Waals surface area contributed by atoms with Crippen LogP contribution in [0, 0.1) is 0 Å². The molecule has 1 rings (SSSR count). The highest BCUT2D eigenvalue weighted by Gasteiger charge is 1.97. The highest BCUT2D eigenvalue weighted by atomic mass is 19.4. The number of halogens is 2. The largest absolute Gasteiger partial charge is 0.105 e. The fourth-order valence-electron chi connectivity index (χ4n) is 0.541. The maximum absolute atomic E-state index is 11.6. The Hall–Kier alpha value is -1.12. The van der Waals surface area contributed by atoms with Crippen molar-refractivity contribution in [3.63, 3.8) is 0 Å². The maximum Gasteiger partial charge on any atom is 0.105 e. The van der Waals surface area contributed by atoms with Crippen molar-refractivity contribution < 1.29 is 8.96 Å². The van der Waals surface area contributed by atoms with Crippen LogP contribution in [0.4, 0.5) is 14.6 Å². The monoisotopic (exact) mass is 129 g/mol. The maximum atomic E-state index is 11.6. The third-order valence-corrected chi connectivity index (χ3v) is 0.951. The van der Waals surface area contributed by atoms with Gasteiger partial charge in [0.25, 0.3) is 0 Å². The van der Waals surface area contributed by atoms with Gasteiger partial charge in [-0.3, -0.25) is 0 Å². The van der Waals surface area contributed by atoms with Gasteiger partial charge in [0.1, 0.15) is 5.69 Å². The van der Waals surface area contributed by atoms with Gasteiger partial charge in [0.05, 0.1) is 0 Å². The average molecular weight is 129 g/mol. The topological polar surface area (TPSA) is 3.24 Å². The van der Waals surface area contributed by atoms with Gasteiger partial charge in [0, 0.05) is 0 Å². The molecule has 3 heteroatoms. The van der Waals surface area contributed by atoms with Gasteiger partial charge in [-0.25, -0.2) is 0 Å². The molecule has 0 aliphatic heterocycles. The van der Waals surface area contributed by atoms with E-state index in [-0.39, 0.29) is 5.69 Å². The van der Waals surface area contributed by atoms with E-state index < -0.39 is 5.34 Å². The summed E-state index contributed by atoms with van der Waals surface area (Å²) in [4.78, 5) is 0. The van der Waals surface area contributed by atoms with Gasteiger partial charge in [-0.2, -0.15) is 0 Å². The molecule has 0 saturated carbocycles. The van der Waals surface area contributed by atoms with E-state index in [0.29, 0.717) is 0 Å². The molecular weight excluding hydrogens is 124 g/mol. The lowest BCUT2D eigenvalue weighted by molar-refractivity contribution is 0.235. The molecule has 1 aromatic rings. The van der Waals surface area contributed by atoms with Crippen LogP contribution in [-0.4, -0.2) is 0 Å². The molecule has 0 saturated heterocycles. The van der Waals surface area contributed by atoms with Crippen LogP contribution in [0.25, 0.3) is 0 Å². The first-order valence-electron chi connectivity index (χ1n) is 2.47. The number of hydrogen-bond acceptors (Lipinski definition) is 1. The summed E-state index contributed by atoms with van der Waals surface area (Å²) in [7, 11) is 0. The normalized spacial score (nSPS) is 9.11. The Bertz CT molecular complexity index is 174. The molecule has 0 N–H and O–H groups in total. The van der Waals surface area contributed by atoms with Crippen molar-refractivity contribution in [3.8, 4) is 0 Å². The fourth-order valence-corrected chi connectivity index (χ4v) is 0.541. The zero-order valence-corrected chi connectivity index (χ0v) is 4.59. The first-order chi connectivity index (χ1) is 4.30. The second-order valence-corrected chi connectivity index (χ2v) is 1.57. The summed E-state index contributed by atoms with van der Waals surface area (Å²) < 4.78 is 23.2. The van der Waals surface area contributed by atoms with Crippen molar-refractivity contribution in [1.29, 1.82) is 0 Å². The molecule has 0 unspecified atom stereocenters. The Morgan fingerprint density at radius 3 is 1.89 bits per heavy atom. The standard InChI is InChI=1S/C6H5F2N/c7-9(8)6-4-2-1-3-5-6/h1-5H. The van der Waals surface area contributed by atoms with Crippen molar-refractivity contribution in [2.24, 2.45) is 0 Å². The summed E-state index contributed by atoms with van der Waals surface area (Å²) in [5.41, 5.74) is -0.0856. The van der Waals surface area contributed by atoms with Crippen LogP contribution in [0.1, 0.15) is 0 Å². The number of rotatable bonds is 1. The van der Waals surface area contributed by atoms with E-state index in [1.54, 1.807) is 18.2 Å². The molecule has 0 fully saturated rings. The van der Waals surface area contributed by atoms with Crippen LogP contribution in [-0.2, 0) is 0 Å². The Kier molecular flexibility index (Phi) is 1.63. The molecule has 0 amide bonds. The van der Waals surface area contributed by atoms with Gasteiger partial charge in [-0.15, -0.1) is 0 Å². The minimum atomic E-state index is -0.917. The van der Waals surface area contributed by atoms with Crippen LogP contribution in [0.5, 0.6) is 0 Å². The Morgan fingerprint density at radius 2 is 1.56 bits per heavy atom. The molecule has 0 heterocycles. The van der Waals surface area contributed by atoms with E-state index in [9.17, 15) is 8.96 Å². The van der Waals surface area contributed by atoms with Gasteiger partial charge < -0.3 is 0 Å². The lowest BCUT2D eigenvalue weighted by atomic mass is 10.3. The van der Waals surface area contributed by atoms with Gasteiger partial charge >= 0.3 is 0 Å². The van der Waals surface area contributed by atoms with Crippen LogP contribution in [0.3, 0.4) is 0 Å². The molecule has 48 valence electrons. The van der Waals surface area contributed by atoms with Crippen molar-refractivity contribution >= 4 is 5.69 Å². The van der Waals surface area contributed by atoms with Gasteiger partial charge in [-0.1, -0.05) is 27.2 Å². The van der Waals surface area contributed by atoms with Gasteiger partial charge in [-0.05, 0) is 17.5 Å². The molecule has 0 aliphatic carbocycles. The van der Waals surface area contributed by atoms with E-state index in [4.69, 9.17) is 0 Å². The average Bonchev–Trinajstić information content (AvgIpc) is 1.90. The van der Waals surface area contributed by atoms with E-state index >= 15 is 0 Å². The zero-order valence-electron chi connectivity index (χ0n) is 4.59. The minimum Gasteiger partial charge on any atom is -0.0666 e. The highest BCUT2D eigenvalue weighted by molar-refractivity contribution is 5.40. The lowest BCUT2D eigenvalue weighted by Gasteiger charge is -1.97. The minimum absolute atomic E-state index is 0.0856. The molecule has 1 aromatic carbocycles. The zero-order chi connectivity index (χ0) is 6.69. The number of para-hydroxylation sites is 1. The van der Waals surface area contributed by atoms with Crippen molar-refractivity contribution in [1.82, 2.24) is 0 Å². The summed E-state index contributed by atoms with van der Waals surface area (Å²) in [6, 6.07) is 7.47. The van der Waals surface area contributed by atoms with Crippen LogP contribution in [0.2, 0.25) is 0 Å². The Morgan fingerprint density at radius 1 is 1.00 bits per heavy atom. The molecule has 1 nitrogen and oxygen atoms in total. The van der Waals surface area contributed by atoms with E-state index in [0.717, 1.165) is 0 Å². The number of hydrogen-bond donors (Lipinski definition) is 0.